The van der Waals surface area contributed by atoms with Gasteiger partial charge in [-0.3, -0.25) is 14.9 Å². The van der Waals surface area contributed by atoms with E-state index in [1.54, 1.807) is 0 Å². The van der Waals surface area contributed by atoms with Crippen LogP contribution in [0.2, 0.25) is 0 Å². The summed E-state index contributed by atoms with van der Waals surface area (Å²) in [5, 5.41) is 11.8. The molecule has 154 valence electrons. The summed E-state index contributed by atoms with van der Waals surface area (Å²) in [6.45, 7) is 6.00. The lowest BCUT2D eigenvalue weighted by Gasteiger charge is -2.45. The van der Waals surface area contributed by atoms with Gasteiger partial charge in [-0.2, -0.15) is 11.8 Å². The Labute approximate surface area is 168 Å². The fourth-order valence-corrected chi connectivity index (χ4v) is 5.47. The second-order valence-electron chi connectivity index (χ2n) is 7.90. The molecule has 2 aliphatic heterocycles. The van der Waals surface area contributed by atoms with Gasteiger partial charge in [-0.1, -0.05) is 39.5 Å². The zero-order valence-electron chi connectivity index (χ0n) is 16.7. The number of nitro groups is 1. The van der Waals surface area contributed by atoms with Crippen molar-refractivity contribution < 1.29 is 14.5 Å². The lowest BCUT2D eigenvalue weighted by Crippen LogP contribution is -2.47. The van der Waals surface area contributed by atoms with E-state index in [0.29, 0.717) is 24.2 Å². The van der Waals surface area contributed by atoms with Gasteiger partial charge in [-0.05, 0) is 43.8 Å². The molecule has 0 spiro atoms. The highest BCUT2D eigenvalue weighted by atomic mass is 32.2. The lowest BCUT2D eigenvalue weighted by molar-refractivity contribution is -0.524. The van der Waals surface area contributed by atoms with Crippen molar-refractivity contribution in [3.63, 3.8) is 0 Å². The van der Waals surface area contributed by atoms with Crippen LogP contribution >= 0.6 is 11.8 Å². The van der Waals surface area contributed by atoms with Gasteiger partial charge in [-0.15, -0.1) is 0 Å². The molecule has 4 atom stereocenters. The molecular weight excluding hydrogens is 362 g/mol. The molecule has 2 saturated heterocycles. The maximum Gasteiger partial charge on any atom is 0.213 e. The summed E-state index contributed by atoms with van der Waals surface area (Å²) in [7, 11) is 0. The number of hydrogen-bond donors (Lipinski definition) is 0. The Hall–Kier alpha value is -0.620. The van der Waals surface area contributed by atoms with Crippen molar-refractivity contribution in [1.29, 1.82) is 0 Å². The second kappa shape index (κ2) is 12.1. The van der Waals surface area contributed by atoms with Crippen LogP contribution in [0.1, 0.15) is 84.0 Å². The van der Waals surface area contributed by atoms with Crippen LogP contribution in [0.5, 0.6) is 0 Å². The monoisotopic (exact) mass is 397 g/mol. The number of hydrogen-bond acceptors (Lipinski definition) is 5. The molecule has 3 rings (SSSR count). The molecule has 0 aromatic rings. The average Bonchev–Trinajstić information content (AvgIpc) is 2.68. The molecule has 1 aliphatic carbocycles. The van der Waals surface area contributed by atoms with E-state index >= 15 is 0 Å². The van der Waals surface area contributed by atoms with E-state index in [1.807, 2.05) is 11.8 Å². The number of carbonyl (C=O) groups is 1. The predicted octanol–water partition coefficient (Wildman–Crippen LogP) is 5.40. The number of unbranched alkanes of at least 4 members (excludes halogenated alkanes) is 4. The van der Waals surface area contributed by atoms with Crippen molar-refractivity contribution in [3.8, 4) is 0 Å². The summed E-state index contributed by atoms with van der Waals surface area (Å²) >= 11 is 1.97. The maximum absolute atomic E-state index is 12.7. The first-order chi connectivity index (χ1) is 13.1. The highest BCUT2D eigenvalue weighted by Crippen LogP contribution is 2.46. The molecule has 0 aromatic carbocycles. The summed E-state index contributed by atoms with van der Waals surface area (Å²) < 4.78 is 6.05. The number of carbonyl (C=O) groups excluding carboxylic acids is 1. The molecule has 2 bridgehead atoms. The standard InChI is InChI=1S/C21H35NO4S/c1-3-5-6-7-8-9-17(22(24)25)11-12-18(23)21-16-10-13-19(26-21)20(15-16)27-14-4-2/h16-17,19-20H,1,3-15H2,2H3. The first-order valence-corrected chi connectivity index (χ1v) is 11.7. The van der Waals surface area contributed by atoms with Crippen molar-refractivity contribution >= 4 is 17.5 Å². The fourth-order valence-electron chi connectivity index (χ4n) is 4.16. The van der Waals surface area contributed by atoms with Crippen molar-refractivity contribution in [2.24, 2.45) is 5.92 Å². The van der Waals surface area contributed by atoms with E-state index in [4.69, 9.17) is 4.74 Å². The first kappa shape index (κ1) is 22.7. The first-order valence-electron chi connectivity index (χ1n) is 10.7. The summed E-state index contributed by atoms with van der Waals surface area (Å²) in [4.78, 5) is 23.8. The van der Waals surface area contributed by atoms with E-state index in [1.165, 1.54) is 0 Å². The number of Topliss-reactive ketones (excluding diaryl/α,β-unsaturated/α-hetero) is 1. The minimum atomic E-state index is -0.608. The molecular formula is C21H35NO4S. The third kappa shape index (κ3) is 7.04. The van der Waals surface area contributed by atoms with Crippen LogP contribution in [-0.2, 0) is 9.53 Å². The molecule has 5 nitrogen and oxygen atoms in total. The third-order valence-corrected chi connectivity index (χ3v) is 7.30. The van der Waals surface area contributed by atoms with Gasteiger partial charge in [0.2, 0.25) is 6.04 Å². The van der Waals surface area contributed by atoms with Crippen LogP contribution in [0.4, 0.5) is 0 Å². The van der Waals surface area contributed by atoms with E-state index in [9.17, 15) is 14.9 Å². The maximum atomic E-state index is 12.7. The topological polar surface area (TPSA) is 69.4 Å². The average molecular weight is 398 g/mol. The SMILES string of the molecule is [CH2]CCCCCCC(CCC(=O)[C]1OC2CCC1CC2SCCC)[N+](=O)[O-]. The largest absolute Gasteiger partial charge is 0.359 e. The lowest BCUT2D eigenvalue weighted by atomic mass is 9.77. The second-order valence-corrected chi connectivity index (χ2v) is 9.24. The van der Waals surface area contributed by atoms with Gasteiger partial charge >= 0.3 is 0 Å². The number of ether oxygens (including phenoxy) is 1. The number of nitrogens with zero attached hydrogens (tertiary/aromatic N) is 1. The molecule has 2 radical (unpaired) electrons. The quantitative estimate of drug-likeness (QED) is 0.223. The number of ketones is 1. The Kier molecular flexibility index (Phi) is 10.1. The summed E-state index contributed by atoms with van der Waals surface area (Å²) in [5.74, 6) is 1.38. The molecule has 3 aliphatic rings. The minimum Gasteiger partial charge on any atom is -0.359 e. The van der Waals surface area contributed by atoms with Gasteiger partial charge in [-0.25, -0.2) is 0 Å². The number of rotatable bonds is 14. The Bertz CT molecular complexity index is 473. The van der Waals surface area contributed by atoms with Crippen molar-refractivity contribution in [3.05, 3.63) is 23.1 Å². The van der Waals surface area contributed by atoms with E-state index in [0.717, 1.165) is 63.5 Å². The fraction of sp³-hybridized carbons (Fsp3) is 0.857. The summed E-state index contributed by atoms with van der Waals surface area (Å²) in [6.07, 6.45) is 11.1. The van der Waals surface area contributed by atoms with Gasteiger partial charge in [0.25, 0.3) is 0 Å². The van der Waals surface area contributed by atoms with Crippen LogP contribution < -0.4 is 0 Å². The van der Waals surface area contributed by atoms with Gasteiger partial charge in [0.1, 0.15) is 0 Å². The Morgan fingerprint density at radius 2 is 2.07 bits per heavy atom. The van der Waals surface area contributed by atoms with E-state index in [-0.39, 0.29) is 29.1 Å². The third-order valence-electron chi connectivity index (χ3n) is 5.73. The van der Waals surface area contributed by atoms with Gasteiger partial charge in [0.05, 0.1) is 6.10 Å². The van der Waals surface area contributed by atoms with E-state index in [2.05, 4.69) is 13.8 Å². The smallest absolute Gasteiger partial charge is 0.213 e. The van der Waals surface area contributed by atoms with Gasteiger partial charge in [0.15, 0.2) is 11.9 Å². The Morgan fingerprint density at radius 1 is 1.30 bits per heavy atom. The molecule has 1 saturated carbocycles. The van der Waals surface area contributed by atoms with Crippen molar-refractivity contribution in [2.75, 3.05) is 5.75 Å². The number of thioether (sulfide) groups is 1. The van der Waals surface area contributed by atoms with Crippen LogP contribution in [0.15, 0.2) is 0 Å². The normalized spacial score (nSPS) is 26.2. The Balaban J connectivity index is 1.75. The van der Waals surface area contributed by atoms with Crippen molar-refractivity contribution in [1.82, 2.24) is 0 Å². The van der Waals surface area contributed by atoms with Gasteiger partial charge < -0.3 is 4.74 Å². The molecule has 0 aromatic heterocycles. The summed E-state index contributed by atoms with van der Waals surface area (Å²) in [6, 6.07) is -0.608. The molecule has 4 unspecified atom stereocenters. The zero-order valence-corrected chi connectivity index (χ0v) is 17.5. The van der Waals surface area contributed by atoms with Crippen LogP contribution in [0.3, 0.4) is 0 Å². The van der Waals surface area contributed by atoms with Crippen LogP contribution in [-0.4, -0.2) is 33.9 Å². The molecule has 0 N–H and O–H groups in total. The van der Waals surface area contributed by atoms with Crippen molar-refractivity contribution in [2.45, 2.75) is 101 Å². The molecule has 27 heavy (non-hydrogen) atoms. The van der Waals surface area contributed by atoms with Gasteiger partial charge in [0, 0.05) is 29.4 Å². The minimum absolute atomic E-state index is 0.00699. The number of fused-ring (bicyclic) bond motifs is 3. The van der Waals surface area contributed by atoms with Crippen LogP contribution in [0.25, 0.3) is 0 Å². The zero-order chi connectivity index (χ0) is 19.6. The molecule has 6 heteroatoms. The Morgan fingerprint density at radius 3 is 2.70 bits per heavy atom. The predicted molar refractivity (Wildman–Crippen MR) is 110 cm³/mol. The highest BCUT2D eigenvalue weighted by Gasteiger charge is 2.46. The molecule has 2 heterocycles. The molecule has 0 amide bonds. The molecule has 3 fully saturated rings. The highest BCUT2D eigenvalue weighted by molar-refractivity contribution is 7.99. The van der Waals surface area contributed by atoms with Crippen LogP contribution in [0, 0.1) is 29.1 Å². The summed E-state index contributed by atoms with van der Waals surface area (Å²) in [5.41, 5.74) is 0. The van der Waals surface area contributed by atoms with E-state index < -0.39 is 6.04 Å².